The van der Waals surface area contributed by atoms with Crippen molar-refractivity contribution < 1.29 is 0 Å². The van der Waals surface area contributed by atoms with Gasteiger partial charge in [-0.1, -0.05) is 5.92 Å². The Morgan fingerprint density at radius 1 is 1.71 bits per heavy atom. The van der Waals surface area contributed by atoms with E-state index in [1.54, 1.807) is 0 Å². The molecule has 0 saturated heterocycles. The molecule has 1 aliphatic rings. The molecule has 2 nitrogen and oxygen atoms in total. The van der Waals surface area contributed by atoms with Gasteiger partial charge in [0.25, 0.3) is 0 Å². The molecule has 74 valence electrons. The van der Waals surface area contributed by atoms with E-state index in [1.165, 1.54) is 17.7 Å². The number of hydrogen-bond acceptors (Lipinski definition) is 1. The fourth-order valence-electron chi connectivity index (χ4n) is 2.19. The molecule has 2 N–H and O–H groups in total. The van der Waals surface area contributed by atoms with E-state index in [0.29, 0.717) is 0 Å². The molecular weight excluding hydrogens is 172 g/mol. The fourth-order valence-corrected chi connectivity index (χ4v) is 2.19. The molecule has 0 radical (unpaired) electrons. The van der Waals surface area contributed by atoms with Gasteiger partial charge in [0.05, 0.1) is 6.04 Å². The summed E-state index contributed by atoms with van der Waals surface area (Å²) in [5, 5.41) is 0. The Morgan fingerprint density at radius 2 is 2.50 bits per heavy atom. The van der Waals surface area contributed by atoms with Gasteiger partial charge < -0.3 is 10.3 Å². The molecule has 0 saturated carbocycles. The molecule has 0 aliphatic heterocycles. The second-order valence-corrected chi connectivity index (χ2v) is 3.97. The van der Waals surface area contributed by atoms with Crippen LogP contribution in [0.4, 0.5) is 0 Å². The third kappa shape index (κ3) is 1.34. The Bertz CT molecular complexity index is 370. The summed E-state index contributed by atoms with van der Waals surface area (Å²) in [6.45, 7) is 2.04. The van der Waals surface area contributed by atoms with Crippen molar-refractivity contribution in [1.82, 2.24) is 4.57 Å². The maximum Gasteiger partial charge on any atom is 0.0913 e. The zero-order valence-corrected chi connectivity index (χ0v) is 8.53. The van der Waals surface area contributed by atoms with E-state index in [2.05, 4.69) is 22.8 Å². The van der Waals surface area contributed by atoms with Crippen LogP contribution in [-0.4, -0.2) is 4.57 Å². The number of nitrogens with zero attached hydrogens (tertiary/aromatic N) is 1. The average molecular weight is 188 g/mol. The van der Waals surface area contributed by atoms with E-state index in [-0.39, 0.29) is 12.1 Å². The second-order valence-electron chi connectivity index (χ2n) is 3.97. The highest BCUT2D eigenvalue weighted by atomic mass is 15.0. The van der Waals surface area contributed by atoms with E-state index >= 15 is 0 Å². The third-order valence-electron chi connectivity index (χ3n) is 3.05. The third-order valence-corrected chi connectivity index (χ3v) is 3.05. The van der Waals surface area contributed by atoms with Crippen LogP contribution in [0.5, 0.6) is 0 Å². The van der Waals surface area contributed by atoms with Gasteiger partial charge in [0.2, 0.25) is 0 Å². The molecule has 1 aromatic heterocycles. The zero-order valence-electron chi connectivity index (χ0n) is 8.53. The molecular formula is C12H16N2. The lowest BCUT2D eigenvalue weighted by atomic mass is 9.93. The summed E-state index contributed by atoms with van der Waals surface area (Å²) in [5.41, 5.74) is 8.67. The normalized spacial score (nSPS) is 22.5. The zero-order chi connectivity index (χ0) is 10.1. The van der Waals surface area contributed by atoms with E-state index in [4.69, 9.17) is 12.2 Å². The van der Waals surface area contributed by atoms with Crippen LogP contribution in [0.1, 0.15) is 43.1 Å². The van der Waals surface area contributed by atoms with Crippen molar-refractivity contribution in [3.8, 4) is 12.3 Å². The number of aromatic nitrogens is 1. The molecule has 2 unspecified atom stereocenters. The Labute approximate surface area is 85.1 Å². The van der Waals surface area contributed by atoms with Crippen molar-refractivity contribution >= 4 is 0 Å². The van der Waals surface area contributed by atoms with Gasteiger partial charge in [-0.25, -0.2) is 0 Å². The monoisotopic (exact) mass is 188 g/mol. The highest BCUT2D eigenvalue weighted by Crippen LogP contribution is 2.30. The maximum atomic E-state index is 6.04. The standard InChI is InChI=1S/C12H16N2/c1-3-9(2)14-8-7-10-11(13)5-4-6-12(10)14/h1,7-9,11H,4-6,13H2,2H3. The second kappa shape index (κ2) is 3.51. The first-order chi connectivity index (χ1) is 6.74. The van der Waals surface area contributed by atoms with Crippen molar-refractivity contribution in [2.75, 3.05) is 0 Å². The quantitative estimate of drug-likeness (QED) is 0.672. The van der Waals surface area contributed by atoms with Gasteiger partial charge in [0.1, 0.15) is 0 Å². The summed E-state index contributed by atoms with van der Waals surface area (Å²) < 4.78 is 2.17. The van der Waals surface area contributed by atoms with Crippen LogP contribution in [0.3, 0.4) is 0 Å². The van der Waals surface area contributed by atoms with Crippen LogP contribution in [0.15, 0.2) is 12.3 Å². The smallest absolute Gasteiger partial charge is 0.0913 e. The molecule has 1 heterocycles. The van der Waals surface area contributed by atoms with Crippen LogP contribution in [0.25, 0.3) is 0 Å². The highest BCUT2D eigenvalue weighted by Gasteiger charge is 2.21. The van der Waals surface area contributed by atoms with Crippen LogP contribution in [0, 0.1) is 12.3 Å². The minimum Gasteiger partial charge on any atom is -0.337 e. The van der Waals surface area contributed by atoms with E-state index in [0.717, 1.165) is 12.8 Å². The summed E-state index contributed by atoms with van der Waals surface area (Å²) in [5.74, 6) is 2.75. The molecule has 0 bridgehead atoms. The van der Waals surface area contributed by atoms with Crippen LogP contribution in [0.2, 0.25) is 0 Å². The lowest BCUT2D eigenvalue weighted by molar-refractivity contribution is 0.534. The number of terminal acetylenes is 1. The average Bonchev–Trinajstić information content (AvgIpc) is 2.62. The van der Waals surface area contributed by atoms with Gasteiger partial charge >= 0.3 is 0 Å². The molecule has 1 aromatic rings. The fraction of sp³-hybridized carbons (Fsp3) is 0.500. The van der Waals surface area contributed by atoms with Crippen molar-refractivity contribution in [3.63, 3.8) is 0 Å². The van der Waals surface area contributed by atoms with Gasteiger partial charge in [-0.05, 0) is 37.8 Å². The molecule has 0 aromatic carbocycles. The first-order valence-corrected chi connectivity index (χ1v) is 5.15. The van der Waals surface area contributed by atoms with Crippen molar-refractivity contribution in [2.45, 2.75) is 38.3 Å². The van der Waals surface area contributed by atoms with Crippen LogP contribution in [-0.2, 0) is 6.42 Å². The molecule has 0 spiro atoms. The van der Waals surface area contributed by atoms with Gasteiger partial charge in [-0.3, -0.25) is 0 Å². The number of nitrogens with two attached hydrogens (primary N) is 1. The molecule has 2 atom stereocenters. The molecule has 0 amide bonds. The topological polar surface area (TPSA) is 30.9 Å². The van der Waals surface area contributed by atoms with E-state index in [9.17, 15) is 0 Å². The van der Waals surface area contributed by atoms with Gasteiger partial charge in [0.15, 0.2) is 0 Å². The summed E-state index contributed by atoms with van der Waals surface area (Å²) in [7, 11) is 0. The lowest BCUT2D eigenvalue weighted by Crippen LogP contribution is -2.18. The summed E-state index contributed by atoms with van der Waals surface area (Å²) in [4.78, 5) is 0. The van der Waals surface area contributed by atoms with Crippen molar-refractivity contribution in [1.29, 1.82) is 0 Å². The van der Waals surface area contributed by atoms with Crippen LogP contribution < -0.4 is 5.73 Å². The predicted molar refractivity (Wildman–Crippen MR) is 57.8 cm³/mol. The van der Waals surface area contributed by atoms with Crippen molar-refractivity contribution in [3.05, 3.63) is 23.5 Å². The summed E-state index contributed by atoms with van der Waals surface area (Å²) in [6, 6.07) is 2.47. The molecule has 1 aliphatic carbocycles. The predicted octanol–water partition coefficient (Wildman–Crippen LogP) is 2.02. The largest absolute Gasteiger partial charge is 0.337 e. The summed E-state index contributed by atoms with van der Waals surface area (Å²) >= 11 is 0. The van der Waals surface area contributed by atoms with Crippen molar-refractivity contribution in [2.24, 2.45) is 5.73 Å². The Balaban J connectivity index is 2.41. The van der Waals surface area contributed by atoms with Gasteiger partial charge in [-0.15, -0.1) is 6.42 Å². The highest BCUT2D eigenvalue weighted by molar-refractivity contribution is 5.29. The summed E-state index contributed by atoms with van der Waals surface area (Å²) in [6.07, 6.45) is 10.9. The number of fused-ring (bicyclic) bond motifs is 1. The Kier molecular flexibility index (Phi) is 2.35. The van der Waals surface area contributed by atoms with Gasteiger partial charge in [0, 0.05) is 17.9 Å². The molecule has 14 heavy (non-hydrogen) atoms. The Hall–Kier alpha value is -1.20. The maximum absolute atomic E-state index is 6.04. The Morgan fingerprint density at radius 3 is 3.21 bits per heavy atom. The number of rotatable bonds is 1. The van der Waals surface area contributed by atoms with E-state index in [1.807, 2.05) is 6.92 Å². The first kappa shape index (κ1) is 9.36. The molecule has 0 fully saturated rings. The first-order valence-electron chi connectivity index (χ1n) is 5.15. The van der Waals surface area contributed by atoms with E-state index < -0.39 is 0 Å². The molecule has 2 heteroatoms. The number of hydrogen-bond donors (Lipinski definition) is 1. The molecule has 2 rings (SSSR count). The van der Waals surface area contributed by atoms with Gasteiger partial charge in [-0.2, -0.15) is 0 Å². The minimum absolute atomic E-state index is 0.143. The SMILES string of the molecule is C#CC(C)n1ccc2c1CCCC2N. The van der Waals surface area contributed by atoms with Crippen LogP contribution >= 0.6 is 0 Å². The lowest BCUT2D eigenvalue weighted by Gasteiger charge is -2.22. The minimum atomic E-state index is 0.143.